The molecule has 4 nitrogen and oxygen atoms in total. The van der Waals surface area contributed by atoms with Crippen LogP contribution in [0.2, 0.25) is 0 Å². The summed E-state index contributed by atoms with van der Waals surface area (Å²) >= 11 is 0. The topological polar surface area (TPSA) is 41.1 Å². The van der Waals surface area contributed by atoms with E-state index in [9.17, 15) is 13.2 Å². The van der Waals surface area contributed by atoms with E-state index in [-0.39, 0.29) is 17.4 Å². The summed E-state index contributed by atoms with van der Waals surface area (Å²) in [4.78, 5) is 9.81. The minimum absolute atomic E-state index is 0.0663. The van der Waals surface area contributed by atoms with Crippen molar-refractivity contribution < 1.29 is 13.2 Å². The third kappa shape index (κ3) is 3.24. The zero-order chi connectivity index (χ0) is 16.6. The molecule has 0 spiro atoms. The largest absolute Gasteiger partial charge is 0.437 e. The van der Waals surface area contributed by atoms with Gasteiger partial charge in [-0.1, -0.05) is 26.0 Å². The second-order valence-corrected chi connectivity index (χ2v) is 6.13. The molecule has 0 unspecified atom stereocenters. The predicted octanol–water partition coefficient (Wildman–Crippen LogP) is 3.08. The summed E-state index contributed by atoms with van der Waals surface area (Å²) < 4.78 is 40.3. The summed E-state index contributed by atoms with van der Waals surface area (Å²) in [5.74, 6) is 0.268. The standard InChI is InChI=1S/C16H19F3N4/c1-10(2)13-9-23(8-7-20-13)15-14(16(17,18)19)21-11-5-3-4-6-12(11)22-15/h3-6,10,13,20H,7-9H2,1-2H3/t13-/m0/s1. The number of hydrogen-bond acceptors (Lipinski definition) is 4. The highest BCUT2D eigenvalue weighted by molar-refractivity contribution is 5.76. The Morgan fingerprint density at radius 1 is 1.17 bits per heavy atom. The second-order valence-electron chi connectivity index (χ2n) is 6.13. The fourth-order valence-corrected chi connectivity index (χ4v) is 2.82. The summed E-state index contributed by atoms with van der Waals surface area (Å²) in [6, 6.07) is 6.79. The lowest BCUT2D eigenvalue weighted by molar-refractivity contribution is -0.140. The third-order valence-electron chi connectivity index (χ3n) is 4.13. The molecule has 0 aliphatic carbocycles. The minimum Gasteiger partial charge on any atom is -0.352 e. The molecule has 1 aliphatic heterocycles. The Labute approximate surface area is 132 Å². The Hall–Kier alpha value is -1.89. The number of rotatable bonds is 2. The fourth-order valence-electron chi connectivity index (χ4n) is 2.82. The van der Waals surface area contributed by atoms with Crippen molar-refractivity contribution in [2.24, 2.45) is 5.92 Å². The maximum absolute atomic E-state index is 13.4. The number of anilines is 1. The maximum Gasteiger partial charge on any atom is 0.437 e. The molecule has 1 aromatic carbocycles. The van der Waals surface area contributed by atoms with Crippen LogP contribution in [0.25, 0.3) is 11.0 Å². The van der Waals surface area contributed by atoms with Gasteiger partial charge in [0.1, 0.15) is 0 Å². The summed E-state index contributed by atoms with van der Waals surface area (Å²) in [5, 5.41) is 3.34. The Bertz CT molecular complexity index is 699. The van der Waals surface area contributed by atoms with Crippen LogP contribution in [0.1, 0.15) is 19.5 Å². The van der Waals surface area contributed by atoms with E-state index in [1.165, 1.54) is 0 Å². The molecular formula is C16H19F3N4. The minimum atomic E-state index is -4.52. The molecule has 7 heteroatoms. The molecule has 2 aromatic rings. The van der Waals surface area contributed by atoms with Gasteiger partial charge >= 0.3 is 6.18 Å². The molecule has 0 bridgehead atoms. The molecule has 1 aliphatic rings. The lowest BCUT2D eigenvalue weighted by Crippen LogP contribution is -2.53. The number of aromatic nitrogens is 2. The summed E-state index contributed by atoms with van der Waals surface area (Å²) in [7, 11) is 0. The van der Waals surface area contributed by atoms with Gasteiger partial charge in [0.2, 0.25) is 0 Å². The first-order valence-electron chi connectivity index (χ1n) is 7.68. The van der Waals surface area contributed by atoms with Gasteiger partial charge in [-0.15, -0.1) is 0 Å². The first-order valence-corrected chi connectivity index (χ1v) is 7.68. The number of benzene rings is 1. The van der Waals surface area contributed by atoms with Crippen LogP contribution in [-0.2, 0) is 6.18 Å². The number of halogens is 3. The molecule has 0 amide bonds. The van der Waals surface area contributed by atoms with Gasteiger partial charge < -0.3 is 10.2 Å². The highest BCUT2D eigenvalue weighted by Gasteiger charge is 2.39. The van der Waals surface area contributed by atoms with E-state index in [1.807, 2.05) is 0 Å². The molecule has 23 heavy (non-hydrogen) atoms. The van der Waals surface area contributed by atoms with Gasteiger partial charge in [0.05, 0.1) is 11.0 Å². The first-order chi connectivity index (χ1) is 10.9. The maximum atomic E-state index is 13.4. The number of piperazine rings is 1. The molecule has 124 valence electrons. The lowest BCUT2D eigenvalue weighted by atomic mass is 10.0. The van der Waals surface area contributed by atoms with Crippen molar-refractivity contribution >= 4 is 16.9 Å². The second kappa shape index (κ2) is 5.96. The van der Waals surface area contributed by atoms with Gasteiger partial charge in [0.15, 0.2) is 11.5 Å². The normalized spacial score (nSPS) is 19.6. The molecule has 0 saturated carbocycles. The lowest BCUT2D eigenvalue weighted by Gasteiger charge is -2.37. The molecule has 1 N–H and O–H groups in total. The molecule has 1 fully saturated rings. The van der Waals surface area contributed by atoms with Crippen molar-refractivity contribution in [1.82, 2.24) is 15.3 Å². The van der Waals surface area contributed by atoms with Gasteiger partial charge in [-0.2, -0.15) is 13.2 Å². The Morgan fingerprint density at radius 3 is 2.43 bits per heavy atom. The Kier molecular flexibility index (Phi) is 4.14. The van der Waals surface area contributed by atoms with Crippen LogP contribution in [0.3, 0.4) is 0 Å². The van der Waals surface area contributed by atoms with E-state index >= 15 is 0 Å². The van der Waals surface area contributed by atoms with Gasteiger partial charge in [-0.25, -0.2) is 9.97 Å². The van der Waals surface area contributed by atoms with Crippen LogP contribution in [0.5, 0.6) is 0 Å². The van der Waals surface area contributed by atoms with Crippen molar-refractivity contribution in [2.45, 2.75) is 26.1 Å². The number of hydrogen-bond donors (Lipinski definition) is 1. The Balaban J connectivity index is 2.07. The zero-order valence-electron chi connectivity index (χ0n) is 13.1. The summed E-state index contributed by atoms with van der Waals surface area (Å²) in [6.07, 6.45) is -4.52. The molecule has 1 atom stereocenters. The molecule has 1 aromatic heterocycles. The van der Waals surface area contributed by atoms with Crippen LogP contribution < -0.4 is 10.2 Å². The van der Waals surface area contributed by atoms with Crippen molar-refractivity contribution in [3.05, 3.63) is 30.0 Å². The number of alkyl halides is 3. The quantitative estimate of drug-likeness (QED) is 0.922. The van der Waals surface area contributed by atoms with E-state index in [0.29, 0.717) is 31.1 Å². The van der Waals surface area contributed by atoms with Crippen molar-refractivity contribution in [3.63, 3.8) is 0 Å². The number of para-hydroxylation sites is 2. The van der Waals surface area contributed by atoms with E-state index < -0.39 is 11.9 Å². The van der Waals surface area contributed by atoms with Crippen molar-refractivity contribution in [2.75, 3.05) is 24.5 Å². The molecule has 3 rings (SSSR count). The molecule has 2 heterocycles. The average Bonchev–Trinajstić information content (AvgIpc) is 2.53. The fraction of sp³-hybridized carbons (Fsp3) is 0.500. The van der Waals surface area contributed by atoms with E-state index in [2.05, 4.69) is 29.1 Å². The van der Waals surface area contributed by atoms with Crippen molar-refractivity contribution in [1.29, 1.82) is 0 Å². The highest BCUT2D eigenvalue weighted by Crippen LogP contribution is 2.35. The average molecular weight is 324 g/mol. The van der Waals surface area contributed by atoms with Crippen LogP contribution in [0.15, 0.2) is 24.3 Å². The predicted molar refractivity (Wildman–Crippen MR) is 83.4 cm³/mol. The van der Waals surface area contributed by atoms with Crippen LogP contribution >= 0.6 is 0 Å². The van der Waals surface area contributed by atoms with Gasteiger partial charge in [0, 0.05) is 25.7 Å². The number of fused-ring (bicyclic) bond motifs is 1. The van der Waals surface area contributed by atoms with Gasteiger partial charge in [-0.05, 0) is 18.1 Å². The monoisotopic (exact) mass is 324 g/mol. The smallest absolute Gasteiger partial charge is 0.352 e. The highest BCUT2D eigenvalue weighted by atomic mass is 19.4. The van der Waals surface area contributed by atoms with Crippen molar-refractivity contribution in [3.8, 4) is 0 Å². The number of nitrogens with zero attached hydrogens (tertiary/aromatic N) is 3. The SMILES string of the molecule is CC(C)[C@@H]1CN(c2nc3ccccc3nc2C(F)(F)F)CCN1. The third-order valence-corrected chi connectivity index (χ3v) is 4.13. The van der Waals surface area contributed by atoms with Crippen LogP contribution in [0.4, 0.5) is 19.0 Å². The summed E-state index contributed by atoms with van der Waals surface area (Å²) in [5.41, 5.74) is -0.158. The Morgan fingerprint density at radius 2 is 1.83 bits per heavy atom. The van der Waals surface area contributed by atoms with Crippen LogP contribution in [-0.4, -0.2) is 35.6 Å². The number of nitrogens with one attached hydrogen (secondary N) is 1. The van der Waals surface area contributed by atoms with Gasteiger partial charge in [0.25, 0.3) is 0 Å². The molecule has 1 saturated heterocycles. The first kappa shape index (κ1) is 16.0. The zero-order valence-corrected chi connectivity index (χ0v) is 13.1. The van der Waals surface area contributed by atoms with E-state index in [1.54, 1.807) is 29.2 Å². The summed E-state index contributed by atoms with van der Waals surface area (Å²) in [6.45, 7) is 5.72. The van der Waals surface area contributed by atoms with Crippen LogP contribution in [0, 0.1) is 5.92 Å². The molecule has 0 radical (unpaired) electrons. The van der Waals surface area contributed by atoms with E-state index in [0.717, 1.165) is 0 Å². The van der Waals surface area contributed by atoms with E-state index in [4.69, 9.17) is 0 Å². The molecular weight excluding hydrogens is 305 g/mol. The van der Waals surface area contributed by atoms with Gasteiger partial charge in [-0.3, -0.25) is 0 Å².